The number of rotatable bonds is 6. The summed E-state index contributed by atoms with van der Waals surface area (Å²) in [5, 5.41) is 11.3. The minimum absolute atomic E-state index is 0. The van der Waals surface area contributed by atoms with Crippen LogP contribution in [0.2, 0.25) is 0 Å². The number of hydrogen-bond acceptors (Lipinski definition) is 9. The smallest absolute Gasteiger partial charge is 0.211 e. The van der Waals surface area contributed by atoms with Crippen molar-refractivity contribution in [1.82, 2.24) is 34.4 Å². The summed E-state index contributed by atoms with van der Waals surface area (Å²) in [4.78, 5) is 13.8. The molecule has 0 aromatic carbocycles. The molecule has 0 aliphatic carbocycles. The predicted octanol–water partition coefficient (Wildman–Crippen LogP) is 0.998. The van der Waals surface area contributed by atoms with Gasteiger partial charge in [-0.05, 0) is 18.9 Å². The standard InChI is InChI=1S/C21H28N8O3S.H2S/c1-33(30,31)28-7-2-16(3-8-28)29-14-15(11-26-29)18-10-19-20(24-5-4-23-19)21(27-18)25-13-17-12-22-6-9-32-17;/h4-5,10-11,14,16-17,22H,2-3,6-9,12-13H2,1H3,(H,25,27);1H2/t17-;/m0./s1. The number of ether oxygens (including phenoxy) is 1. The molecule has 2 N–H and O–H groups in total. The molecule has 2 aliphatic rings. The maximum absolute atomic E-state index is 11.8. The highest BCUT2D eigenvalue weighted by Gasteiger charge is 2.26. The fourth-order valence-electron chi connectivity index (χ4n) is 4.31. The van der Waals surface area contributed by atoms with Gasteiger partial charge in [-0.25, -0.2) is 22.7 Å². The molecule has 184 valence electrons. The van der Waals surface area contributed by atoms with Gasteiger partial charge in [0.05, 0.1) is 42.4 Å². The van der Waals surface area contributed by atoms with Crippen LogP contribution in [0.15, 0.2) is 30.9 Å². The number of anilines is 1. The third kappa shape index (κ3) is 5.49. The number of sulfonamides is 1. The van der Waals surface area contributed by atoms with Crippen molar-refractivity contribution in [2.75, 3.05) is 50.9 Å². The van der Waals surface area contributed by atoms with Crippen LogP contribution in [-0.2, 0) is 14.8 Å². The normalized spacial score (nSPS) is 20.2. The molecule has 0 unspecified atom stereocenters. The van der Waals surface area contributed by atoms with E-state index >= 15 is 0 Å². The minimum atomic E-state index is -3.15. The van der Waals surface area contributed by atoms with E-state index in [9.17, 15) is 8.42 Å². The quantitative estimate of drug-likeness (QED) is 0.503. The average Bonchev–Trinajstić information content (AvgIpc) is 3.33. The molecule has 2 aliphatic heterocycles. The minimum Gasteiger partial charge on any atom is -0.374 e. The van der Waals surface area contributed by atoms with Crippen molar-refractivity contribution >= 4 is 40.4 Å². The maximum atomic E-state index is 11.8. The van der Waals surface area contributed by atoms with Gasteiger partial charge in [0.1, 0.15) is 5.52 Å². The molecule has 2 fully saturated rings. The summed E-state index contributed by atoms with van der Waals surface area (Å²) < 4.78 is 32.8. The van der Waals surface area contributed by atoms with Gasteiger partial charge in [0.2, 0.25) is 10.0 Å². The van der Waals surface area contributed by atoms with Crippen molar-refractivity contribution in [3.05, 3.63) is 30.9 Å². The van der Waals surface area contributed by atoms with Crippen LogP contribution in [-0.4, -0.2) is 89.1 Å². The Hall–Kier alpha value is -2.32. The van der Waals surface area contributed by atoms with Crippen molar-refractivity contribution in [3.8, 4) is 11.3 Å². The lowest BCUT2D eigenvalue weighted by Crippen LogP contribution is -2.42. The number of hydrogen-bond donors (Lipinski definition) is 2. The van der Waals surface area contributed by atoms with Crippen molar-refractivity contribution in [2.45, 2.75) is 25.0 Å². The van der Waals surface area contributed by atoms with Crippen LogP contribution in [0.25, 0.3) is 22.3 Å². The van der Waals surface area contributed by atoms with E-state index < -0.39 is 10.0 Å². The van der Waals surface area contributed by atoms with Crippen LogP contribution in [0, 0.1) is 0 Å². The fourth-order valence-corrected chi connectivity index (χ4v) is 5.19. The van der Waals surface area contributed by atoms with Crippen molar-refractivity contribution in [2.24, 2.45) is 0 Å². The topological polar surface area (TPSA) is 127 Å². The molecule has 11 nitrogen and oxygen atoms in total. The molecule has 0 amide bonds. The van der Waals surface area contributed by atoms with E-state index in [2.05, 4.69) is 25.7 Å². The number of fused-ring (bicyclic) bond motifs is 1. The zero-order valence-electron chi connectivity index (χ0n) is 19.0. The molecule has 3 aromatic heterocycles. The highest BCUT2D eigenvalue weighted by atomic mass is 32.2. The van der Waals surface area contributed by atoms with Crippen LogP contribution in [0.3, 0.4) is 0 Å². The first-order valence-corrected chi connectivity index (χ1v) is 13.0. The van der Waals surface area contributed by atoms with E-state index in [-0.39, 0.29) is 25.6 Å². The SMILES string of the molecule is CS(=O)(=O)N1CCC(n2cc(-c3cc4nccnc4c(NC[C@@H]4CNCCO4)n3)cn2)CC1.S. The third-order valence-corrected chi connectivity index (χ3v) is 7.43. The molecule has 34 heavy (non-hydrogen) atoms. The van der Waals surface area contributed by atoms with Gasteiger partial charge in [-0.2, -0.15) is 18.6 Å². The second kappa shape index (κ2) is 10.5. The summed E-state index contributed by atoms with van der Waals surface area (Å²) in [6.07, 6.45) is 9.89. The van der Waals surface area contributed by atoms with E-state index in [4.69, 9.17) is 9.72 Å². The van der Waals surface area contributed by atoms with Crippen LogP contribution in [0.5, 0.6) is 0 Å². The summed E-state index contributed by atoms with van der Waals surface area (Å²) in [7, 11) is -3.15. The van der Waals surface area contributed by atoms with Crippen LogP contribution >= 0.6 is 13.5 Å². The van der Waals surface area contributed by atoms with Gasteiger partial charge in [0.25, 0.3) is 0 Å². The zero-order chi connectivity index (χ0) is 22.8. The van der Waals surface area contributed by atoms with Crippen molar-refractivity contribution in [1.29, 1.82) is 0 Å². The highest BCUT2D eigenvalue weighted by molar-refractivity contribution is 7.88. The zero-order valence-corrected chi connectivity index (χ0v) is 20.8. The number of morpholine rings is 1. The van der Waals surface area contributed by atoms with Crippen molar-refractivity contribution in [3.63, 3.8) is 0 Å². The van der Waals surface area contributed by atoms with Crippen LogP contribution in [0.4, 0.5) is 5.82 Å². The highest BCUT2D eigenvalue weighted by Crippen LogP contribution is 2.28. The number of piperidine rings is 1. The Morgan fingerprint density at radius 1 is 1.24 bits per heavy atom. The maximum Gasteiger partial charge on any atom is 0.211 e. The van der Waals surface area contributed by atoms with Gasteiger partial charge in [0.15, 0.2) is 5.82 Å². The molecule has 5 heterocycles. The number of aromatic nitrogens is 5. The molecule has 3 aromatic rings. The molecular formula is C21H30N8O3S2. The number of pyridine rings is 1. The second-order valence-corrected chi connectivity index (χ2v) is 10.4. The molecule has 13 heteroatoms. The molecule has 0 radical (unpaired) electrons. The number of nitrogens with zero attached hydrogens (tertiary/aromatic N) is 6. The number of nitrogens with one attached hydrogen (secondary N) is 2. The Labute approximate surface area is 205 Å². The lowest BCUT2D eigenvalue weighted by Gasteiger charge is -2.30. The first-order chi connectivity index (χ1) is 16.0. The summed E-state index contributed by atoms with van der Waals surface area (Å²) >= 11 is 0. The van der Waals surface area contributed by atoms with E-state index in [1.54, 1.807) is 18.6 Å². The Morgan fingerprint density at radius 3 is 2.76 bits per heavy atom. The van der Waals surface area contributed by atoms with Gasteiger partial charge >= 0.3 is 0 Å². The molecule has 0 bridgehead atoms. The molecule has 0 saturated carbocycles. The molecule has 2 saturated heterocycles. The lowest BCUT2D eigenvalue weighted by atomic mass is 10.1. The average molecular weight is 507 g/mol. The monoisotopic (exact) mass is 506 g/mol. The molecular weight excluding hydrogens is 476 g/mol. The van der Waals surface area contributed by atoms with Crippen LogP contribution < -0.4 is 10.6 Å². The molecule has 0 spiro atoms. The van der Waals surface area contributed by atoms with E-state index in [1.165, 1.54) is 10.6 Å². The van der Waals surface area contributed by atoms with Gasteiger partial charge in [-0.3, -0.25) is 9.67 Å². The van der Waals surface area contributed by atoms with Gasteiger partial charge in [-0.1, -0.05) is 0 Å². The Morgan fingerprint density at radius 2 is 2.03 bits per heavy atom. The van der Waals surface area contributed by atoms with Gasteiger partial charge in [0, 0.05) is 56.9 Å². The van der Waals surface area contributed by atoms with E-state index in [0.29, 0.717) is 37.6 Å². The molecule has 1 atom stereocenters. The summed E-state index contributed by atoms with van der Waals surface area (Å²) in [6.45, 7) is 4.00. The van der Waals surface area contributed by atoms with Gasteiger partial charge < -0.3 is 15.4 Å². The second-order valence-electron chi connectivity index (χ2n) is 8.46. The summed E-state index contributed by atoms with van der Waals surface area (Å²) in [6, 6.07) is 2.07. The van der Waals surface area contributed by atoms with Gasteiger partial charge in [-0.15, -0.1) is 0 Å². The Balaban J connectivity index is 0.00000274. The summed E-state index contributed by atoms with van der Waals surface area (Å²) in [5.41, 5.74) is 3.10. The van der Waals surface area contributed by atoms with E-state index in [0.717, 1.165) is 42.7 Å². The fraction of sp³-hybridized carbons (Fsp3) is 0.524. The van der Waals surface area contributed by atoms with Crippen molar-refractivity contribution < 1.29 is 13.2 Å². The summed E-state index contributed by atoms with van der Waals surface area (Å²) in [5.74, 6) is 0.666. The largest absolute Gasteiger partial charge is 0.374 e. The van der Waals surface area contributed by atoms with E-state index in [1.807, 2.05) is 16.9 Å². The molecule has 5 rings (SSSR count). The van der Waals surface area contributed by atoms with Crippen LogP contribution in [0.1, 0.15) is 18.9 Å². The first-order valence-electron chi connectivity index (χ1n) is 11.1. The Kier molecular flexibility index (Phi) is 7.67. The predicted molar refractivity (Wildman–Crippen MR) is 135 cm³/mol. The Bertz CT molecular complexity index is 1220. The third-order valence-electron chi connectivity index (χ3n) is 6.12. The first kappa shape index (κ1) is 24.8. The lowest BCUT2D eigenvalue weighted by molar-refractivity contribution is 0.0372.